The molecule has 1 aliphatic carbocycles. The monoisotopic (exact) mass is 424 g/mol. The Kier molecular flexibility index (Phi) is 6.62. The van der Waals surface area contributed by atoms with Crippen LogP contribution in [0.4, 0.5) is 5.95 Å². The third kappa shape index (κ3) is 5.10. The molecule has 0 aromatic carbocycles. The average Bonchev–Trinajstić information content (AvgIpc) is 3.09. The lowest BCUT2D eigenvalue weighted by Gasteiger charge is -2.34. The lowest BCUT2D eigenvalue weighted by molar-refractivity contribution is 0.194. The van der Waals surface area contributed by atoms with Crippen LogP contribution in [0.2, 0.25) is 0 Å². The van der Waals surface area contributed by atoms with Gasteiger partial charge in [-0.05, 0) is 56.7 Å². The molecule has 0 amide bonds. The number of fused-ring (bicyclic) bond motifs is 1. The molecule has 2 aliphatic rings. The zero-order valence-electron chi connectivity index (χ0n) is 19.0. The van der Waals surface area contributed by atoms with Crippen molar-refractivity contribution in [1.29, 1.82) is 0 Å². The highest BCUT2D eigenvalue weighted by Crippen LogP contribution is 2.27. The van der Waals surface area contributed by atoms with Crippen LogP contribution in [0.5, 0.6) is 5.75 Å². The Morgan fingerprint density at radius 3 is 2.74 bits per heavy atom. The van der Waals surface area contributed by atoms with Crippen molar-refractivity contribution in [2.75, 3.05) is 25.0 Å². The number of hydrogen-bond acceptors (Lipinski definition) is 6. The molecular weight excluding hydrogens is 388 g/mol. The molecule has 7 nitrogen and oxygen atoms in total. The first-order valence-corrected chi connectivity index (χ1v) is 11.6. The third-order valence-corrected chi connectivity index (χ3v) is 6.57. The van der Waals surface area contributed by atoms with E-state index in [1.807, 2.05) is 13.0 Å². The smallest absolute Gasteiger partial charge is 0.204 e. The normalized spacial score (nSPS) is 18.4. The Morgan fingerprint density at radius 2 is 2.00 bits per heavy atom. The van der Waals surface area contributed by atoms with Crippen molar-refractivity contribution in [1.82, 2.24) is 19.4 Å². The van der Waals surface area contributed by atoms with Crippen molar-refractivity contribution in [3.8, 4) is 5.75 Å². The summed E-state index contributed by atoms with van der Waals surface area (Å²) in [6.07, 6.45) is 8.42. The molecule has 1 aliphatic heterocycles. The fourth-order valence-corrected chi connectivity index (χ4v) is 4.42. The zero-order chi connectivity index (χ0) is 22.0. The number of aryl methyl sites for hydroxylation is 1. The third-order valence-electron chi connectivity index (χ3n) is 6.57. The van der Waals surface area contributed by atoms with Gasteiger partial charge < -0.3 is 25.6 Å². The SMILES string of the molecule is Cc1ccc(O)c(Cn2c(NC3CCN(CC(N)C(C)C)CC3)nc3c2CCC=C3)n1. The van der Waals surface area contributed by atoms with Gasteiger partial charge in [0, 0.05) is 43.1 Å². The molecule has 4 N–H and O–H groups in total. The first kappa shape index (κ1) is 21.8. The van der Waals surface area contributed by atoms with Gasteiger partial charge in [-0.15, -0.1) is 0 Å². The number of piperidine rings is 1. The van der Waals surface area contributed by atoms with E-state index in [2.05, 4.69) is 45.8 Å². The quantitative estimate of drug-likeness (QED) is 0.632. The highest BCUT2D eigenvalue weighted by atomic mass is 16.3. The Morgan fingerprint density at radius 1 is 1.23 bits per heavy atom. The van der Waals surface area contributed by atoms with Gasteiger partial charge in [0.15, 0.2) is 0 Å². The van der Waals surface area contributed by atoms with E-state index >= 15 is 0 Å². The van der Waals surface area contributed by atoms with Gasteiger partial charge in [0.25, 0.3) is 0 Å². The maximum absolute atomic E-state index is 10.3. The minimum absolute atomic E-state index is 0.233. The van der Waals surface area contributed by atoms with Crippen LogP contribution in [0.15, 0.2) is 18.2 Å². The molecule has 1 fully saturated rings. The van der Waals surface area contributed by atoms with Gasteiger partial charge in [-0.1, -0.05) is 19.9 Å². The van der Waals surface area contributed by atoms with Crippen molar-refractivity contribution in [2.45, 2.75) is 65.1 Å². The largest absolute Gasteiger partial charge is 0.506 e. The Labute approximate surface area is 185 Å². The first-order valence-electron chi connectivity index (χ1n) is 11.6. The van der Waals surface area contributed by atoms with Gasteiger partial charge >= 0.3 is 0 Å². The number of nitrogens with zero attached hydrogens (tertiary/aromatic N) is 4. The van der Waals surface area contributed by atoms with Crippen LogP contribution in [0.1, 0.15) is 55.9 Å². The van der Waals surface area contributed by atoms with Crippen molar-refractivity contribution in [2.24, 2.45) is 11.7 Å². The van der Waals surface area contributed by atoms with E-state index in [1.54, 1.807) is 6.07 Å². The van der Waals surface area contributed by atoms with Gasteiger partial charge in [0.1, 0.15) is 11.4 Å². The summed E-state index contributed by atoms with van der Waals surface area (Å²) in [5, 5.41) is 14.1. The number of aromatic hydroxyl groups is 1. The van der Waals surface area contributed by atoms with Gasteiger partial charge in [-0.2, -0.15) is 0 Å². The molecule has 4 rings (SSSR count). The molecular formula is C24H36N6O. The van der Waals surface area contributed by atoms with E-state index < -0.39 is 0 Å². The number of imidazole rings is 1. The fraction of sp³-hybridized carbons (Fsp3) is 0.583. The number of nitrogens with one attached hydrogen (secondary N) is 1. The van der Waals surface area contributed by atoms with Crippen LogP contribution in [0, 0.1) is 12.8 Å². The number of aromatic nitrogens is 3. The maximum atomic E-state index is 10.3. The lowest BCUT2D eigenvalue weighted by atomic mass is 10.0. The molecule has 1 unspecified atom stereocenters. The van der Waals surface area contributed by atoms with Gasteiger partial charge in [0.2, 0.25) is 5.95 Å². The molecule has 31 heavy (non-hydrogen) atoms. The fourth-order valence-electron chi connectivity index (χ4n) is 4.42. The summed E-state index contributed by atoms with van der Waals surface area (Å²) < 4.78 is 2.21. The average molecular weight is 425 g/mol. The summed E-state index contributed by atoms with van der Waals surface area (Å²) in [5.74, 6) is 1.63. The zero-order valence-corrected chi connectivity index (χ0v) is 19.0. The molecule has 0 bridgehead atoms. The standard InChI is InChI=1S/C24H36N6O/c1-16(2)19(25)14-29-12-10-18(11-13-29)27-24-28-20-6-4-5-7-22(20)30(24)15-21-23(31)9-8-17(3)26-21/h4,6,8-9,16,18-19,31H,5,7,10-15,25H2,1-3H3,(H,27,28). The summed E-state index contributed by atoms with van der Waals surface area (Å²) in [6.45, 7) is 9.93. The van der Waals surface area contributed by atoms with Gasteiger partial charge in [-0.25, -0.2) is 4.98 Å². The molecule has 2 aromatic rings. The summed E-state index contributed by atoms with van der Waals surface area (Å²) in [6, 6.07) is 4.18. The number of anilines is 1. The molecule has 0 radical (unpaired) electrons. The number of pyridine rings is 1. The summed E-state index contributed by atoms with van der Waals surface area (Å²) >= 11 is 0. The summed E-state index contributed by atoms with van der Waals surface area (Å²) in [4.78, 5) is 12.0. The van der Waals surface area contributed by atoms with E-state index in [9.17, 15) is 5.11 Å². The predicted molar refractivity (Wildman–Crippen MR) is 125 cm³/mol. The Balaban J connectivity index is 1.48. The van der Waals surface area contributed by atoms with Crippen LogP contribution in [0.25, 0.3) is 6.08 Å². The Bertz CT molecular complexity index is 926. The lowest BCUT2D eigenvalue weighted by Crippen LogP contribution is -2.46. The first-order chi connectivity index (χ1) is 14.9. The number of nitrogens with two attached hydrogens (primary N) is 1. The summed E-state index contributed by atoms with van der Waals surface area (Å²) in [7, 11) is 0. The van der Waals surface area contributed by atoms with Crippen molar-refractivity contribution in [3.05, 3.63) is 41.0 Å². The second-order valence-corrected chi connectivity index (χ2v) is 9.34. The minimum atomic E-state index is 0.233. The molecule has 3 heterocycles. The van der Waals surface area contributed by atoms with Crippen molar-refractivity contribution in [3.63, 3.8) is 0 Å². The summed E-state index contributed by atoms with van der Waals surface area (Å²) in [5.41, 5.74) is 10.1. The topological polar surface area (TPSA) is 92.2 Å². The van der Waals surface area contributed by atoms with Crippen LogP contribution in [-0.4, -0.2) is 56.3 Å². The van der Waals surface area contributed by atoms with Gasteiger partial charge in [0.05, 0.1) is 12.2 Å². The highest BCUT2D eigenvalue weighted by molar-refractivity contribution is 5.55. The molecule has 168 valence electrons. The van der Waals surface area contributed by atoms with Crippen LogP contribution in [-0.2, 0) is 13.0 Å². The number of allylic oxidation sites excluding steroid dienone is 1. The minimum Gasteiger partial charge on any atom is -0.506 e. The second kappa shape index (κ2) is 9.40. The van der Waals surface area contributed by atoms with E-state index in [4.69, 9.17) is 10.7 Å². The molecule has 0 spiro atoms. The van der Waals surface area contributed by atoms with E-state index in [-0.39, 0.29) is 11.8 Å². The number of likely N-dealkylation sites (tertiary alicyclic amines) is 1. The maximum Gasteiger partial charge on any atom is 0.204 e. The molecule has 2 aromatic heterocycles. The van der Waals surface area contributed by atoms with Crippen LogP contribution < -0.4 is 11.1 Å². The highest BCUT2D eigenvalue weighted by Gasteiger charge is 2.25. The number of rotatable bonds is 7. The van der Waals surface area contributed by atoms with Crippen LogP contribution >= 0.6 is 0 Å². The van der Waals surface area contributed by atoms with E-state index in [1.165, 1.54) is 5.69 Å². The van der Waals surface area contributed by atoms with Crippen molar-refractivity contribution < 1.29 is 5.11 Å². The second-order valence-electron chi connectivity index (χ2n) is 9.34. The molecule has 7 heteroatoms. The molecule has 1 saturated heterocycles. The van der Waals surface area contributed by atoms with E-state index in [0.29, 0.717) is 24.2 Å². The predicted octanol–water partition coefficient (Wildman–Crippen LogP) is 3.16. The van der Waals surface area contributed by atoms with E-state index in [0.717, 1.165) is 62.7 Å². The van der Waals surface area contributed by atoms with Gasteiger partial charge in [-0.3, -0.25) is 4.98 Å². The molecule has 0 saturated carbocycles. The number of hydrogen-bond donors (Lipinski definition) is 3. The van der Waals surface area contributed by atoms with Crippen LogP contribution in [0.3, 0.4) is 0 Å². The van der Waals surface area contributed by atoms with Crippen molar-refractivity contribution >= 4 is 12.0 Å². The Hall–Kier alpha value is -2.38. The molecule has 1 atom stereocenters.